The number of likely N-dealkylation sites (tertiary alicyclic amines) is 1. The molecular weight excluding hydrogens is 316 g/mol. The standard InChI is InChI=1S/C18H24N6O/c25-16(11-15-8-9-19-21-15)24-10-4-7-14(12-24)18-20-17(22-23-18)13-5-2-1-3-6-13/h1-3,5-6,14-15,19,21H,4,7-12H2,(H,20,22,23). The minimum Gasteiger partial charge on any atom is -0.342 e. The van der Waals surface area contributed by atoms with Crippen LogP contribution in [0.1, 0.15) is 37.4 Å². The SMILES string of the molecule is O=C(CC1CCNN1)N1CCCC(c2nc(-c3ccccc3)n[nH]2)C1. The second-order valence-corrected chi connectivity index (χ2v) is 6.85. The van der Waals surface area contributed by atoms with E-state index in [-0.39, 0.29) is 17.9 Å². The molecule has 4 rings (SSSR count). The number of hydrogen-bond acceptors (Lipinski definition) is 5. The molecule has 0 spiro atoms. The minimum atomic E-state index is 0.230. The number of nitrogens with one attached hydrogen (secondary N) is 3. The first-order valence-electron chi connectivity index (χ1n) is 9.03. The number of carbonyl (C=O) groups excluding carboxylic acids is 1. The van der Waals surface area contributed by atoms with Gasteiger partial charge < -0.3 is 4.90 Å². The fraction of sp³-hybridized carbons (Fsp3) is 0.500. The van der Waals surface area contributed by atoms with E-state index >= 15 is 0 Å². The quantitative estimate of drug-likeness (QED) is 0.784. The molecule has 2 aliphatic heterocycles. The van der Waals surface area contributed by atoms with Gasteiger partial charge in [0.05, 0.1) is 0 Å². The highest BCUT2D eigenvalue weighted by Crippen LogP contribution is 2.26. The lowest BCUT2D eigenvalue weighted by Crippen LogP contribution is -2.42. The predicted octanol–water partition coefficient (Wildman–Crippen LogP) is 1.43. The summed E-state index contributed by atoms with van der Waals surface area (Å²) in [5.41, 5.74) is 7.26. The largest absolute Gasteiger partial charge is 0.342 e. The van der Waals surface area contributed by atoms with E-state index in [1.807, 2.05) is 35.2 Å². The lowest BCUT2D eigenvalue weighted by Gasteiger charge is -2.32. The summed E-state index contributed by atoms with van der Waals surface area (Å²) in [7, 11) is 0. The molecule has 1 amide bonds. The Bertz CT molecular complexity index is 709. The van der Waals surface area contributed by atoms with Crippen molar-refractivity contribution in [2.24, 2.45) is 0 Å². The highest BCUT2D eigenvalue weighted by atomic mass is 16.2. The van der Waals surface area contributed by atoms with E-state index in [1.165, 1.54) is 0 Å². The molecule has 7 nitrogen and oxygen atoms in total. The zero-order chi connectivity index (χ0) is 17.1. The van der Waals surface area contributed by atoms with Gasteiger partial charge in [-0.2, -0.15) is 5.10 Å². The summed E-state index contributed by atoms with van der Waals surface area (Å²) in [6.45, 7) is 2.50. The first-order chi connectivity index (χ1) is 12.3. The maximum atomic E-state index is 12.6. The highest BCUT2D eigenvalue weighted by molar-refractivity contribution is 5.77. The number of benzene rings is 1. The molecule has 2 unspecified atom stereocenters. The van der Waals surface area contributed by atoms with E-state index in [2.05, 4.69) is 26.0 Å². The molecule has 1 aromatic carbocycles. The Morgan fingerprint density at radius 3 is 2.92 bits per heavy atom. The van der Waals surface area contributed by atoms with E-state index in [9.17, 15) is 4.79 Å². The molecule has 25 heavy (non-hydrogen) atoms. The van der Waals surface area contributed by atoms with Gasteiger partial charge in [-0.25, -0.2) is 4.98 Å². The molecule has 3 heterocycles. The Kier molecular flexibility index (Phi) is 4.76. The summed E-state index contributed by atoms with van der Waals surface area (Å²) in [6, 6.07) is 10.2. The van der Waals surface area contributed by atoms with E-state index in [0.29, 0.717) is 6.42 Å². The molecule has 3 N–H and O–H groups in total. The molecule has 1 aromatic heterocycles. The molecule has 2 aliphatic rings. The average molecular weight is 340 g/mol. The molecule has 2 aromatic rings. The lowest BCUT2D eigenvalue weighted by molar-refractivity contribution is -0.132. The van der Waals surface area contributed by atoms with Crippen molar-refractivity contribution < 1.29 is 4.79 Å². The van der Waals surface area contributed by atoms with Crippen LogP contribution in [0.25, 0.3) is 11.4 Å². The Morgan fingerprint density at radius 2 is 2.12 bits per heavy atom. The van der Waals surface area contributed by atoms with Gasteiger partial charge in [-0.1, -0.05) is 30.3 Å². The molecular formula is C18H24N6O. The third-order valence-corrected chi connectivity index (χ3v) is 5.04. The third-order valence-electron chi connectivity index (χ3n) is 5.04. The van der Waals surface area contributed by atoms with Crippen LogP contribution in [0, 0.1) is 0 Å². The van der Waals surface area contributed by atoms with Gasteiger partial charge in [0.15, 0.2) is 5.82 Å². The van der Waals surface area contributed by atoms with Crippen molar-refractivity contribution >= 4 is 5.91 Å². The number of piperidine rings is 1. The molecule has 132 valence electrons. The predicted molar refractivity (Wildman–Crippen MR) is 94.5 cm³/mol. The number of nitrogens with zero attached hydrogens (tertiary/aromatic N) is 3. The number of rotatable bonds is 4. The smallest absolute Gasteiger partial charge is 0.224 e. The Morgan fingerprint density at radius 1 is 1.24 bits per heavy atom. The van der Waals surface area contributed by atoms with Crippen LogP contribution in [0.5, 0.6) is 0 Å². The maximum Gasteiger partial charge on any atom is 0.224 e. The van der Waals surface area contributed by atoms with Crippen molar-refractivity contribution in [3.63, 3.8) is 0 Å². The van der Waals surface area contributed by atoms with Crippen molar-refractivity contribution in [1.29, 1.82) is 0 Å². The number of carbonyl (C=O) groups is 1. The zero-order valence-electron chi connectivity index (χ0n) is 14.2. The molecule has 0 radical (unpaired) electrons. The zero-order valence-corrected chi connectivity index (χ0v) is 14.2. The summed E-state index contributed by atoms with van der Waals surface area (Å²) in [5, 5.41) is 7.44. The van der Waals surface area contributed by atoms with Crippen LogP contribution in [0.4, 0.5) is 0 Å². The Hall–Kier alpha value is -2.25. The summed E-state index contributed by atoms with van der Waals surface area (Å²) in [4.78, 5) is 19.2. The number of hydrogen-bond donors (Lipinski definition) is 3. The molecule has 0 aliphatic carbocycles. The van der Waals surface area contributed by atoms with Gasteiger partial charge in [-0.15, -0.1) is 0 Å². The monoisotopic (exact) mass is 340 g/mol. The van der Waals surface area contributed by atoms with Crippen LogP contribution < -0.4 is 10.9 Å². The second-order valence-electron chi connectivity index (χ2n) is 6.85. The summed E-state index contributed by atoms with van der Waals surface area (Å²) >= 11 is 0. The van der Waals surface area contributed by atoms with Gasteiger partial charge in [0.1, 0.15) is 5.82 Å². The van der Waals surface area contributed by atoms with Crippen LogP contribution in [-0.2, 0) is 4.79 Å². The summed E-state index contributed by atoms with van der Waals surface area (Å²) < 4.78 is 0. The molecule has 2 fully saturated rings. The van der Waals surface area contributed by atoms with Crippen LogP contribution in [0.15, 0.2) is 30.3 Å². The number of amides is 1. The molecule has 2 atom stereocenters. The lowest BCUT2D eigenvalue weighted by atomic mass is 9.96. The number of aromatic amines is 1. The molecule has 0 saturated carbocycles. The third kappa shape index (κ3) is 3.72. The highest BCUT2D eigenvalue weighted by Gasteiger charge is 2.28. The second kappa shape index (κ2) is 7.33. The molecule has 2 saturated heterocycles. The van der Waals surface area contributed by atoms with Gasteiger partial charge in [-0.3, -0.25) is 20.7 Å². The average Bonchev–Trinajstić information content (AvgIpc) is 3.34. The van der Waals surface area contributed by atoms with Gasteiger partial charge >= 0.3 is 0 Å². The Balaban J connectivity index is 1.41. The summed E-state index contributed by atoms with van der Waals surface area (Å²) in [6.07, 6.45) is 3.61. The number of aromatic nitrogens is 3. The van der Waals surface area contributed by atoms with E-state index in [0.717, 1.165) is 56.1 Å². The fourth-order valence-electron chi connectivity index (χ4n) is 3.63. The fourth-order valence-corrected chi connectivity index (χ4v) is 3.63. The first kappa shape index (κ1) is 16.2. The van der Waals surface area contributed by atoms with Crippen LogP contribution in [0.2, 0.25) is 0 Å². The van der Waals surface area contributed by atoms with Gasteiger partial charge in [0.2, 0.25) is 5.91 Å². The van der Waals surface area contributed by atoms with Crippen molar-refractivity contribution in [2.75, 3.05) is 19.6 Å². The van der Waals surface area contributed by atoms with Gasteiger partial charge in [0, 0.05) is 43.6 Å². The van der Waals surface area contributed by atoms with Crippen molar-refractivity contribution in [2.45, 2.75) is 37.6 Å². The van der Waals surface area contributed by atoms with E-state index < -0.39 is 0 Å². The minimum absolute atomic E-state index is 0.230. The normalized spacial score (nSPS) is 23.8. The van der Waals surface area contributed by atoms with Crippen LogP contribution >= 0.6 is 0 Å². The molecule has 0 bridgehead atoms. The molecule has 7 heteroatoms. The van der Waals surface area contributed by atoms with Crippen LogP contribution in [-0.4, -0.2) is 51.7 Å². The Labute approximate surface area is 147 Å². The topological polar surface area (TPSA) is 85.9 Å². The van der Waals surface area contributed by atoms with E-state index in [1.54, 1.807) is 0 Å². The first-order valence-corrected chi connectivity index (χ1v) is 9.03. The summed E-state index contributed by atoms with van der Waals surface area (Å²) in [5.74, 6) is 2.07. The van der Waals surface area contributed by atoms with Gasteiger partial charge in [-0.05, 0) is 19.3 Å². The number of hydrazine groups is 1. The van der Waals surface area contributed by atoms with Crippen molar-refractivity contribution in [3.05, 3.63) is 36.2 Å². The van der Waals surface area contributed by atoms with Crippen LogP contribution in [0.3, 0.4) is 0 Å². The van der Waals surface area contributed by atoms with Crippen molar-refractivity contribution in [1.82, 2.24) is 30.9 Å². The number of H-pyrrole nitrogens is 1. The van der Waals surface area contributed by atoms with Crippen molar-refractivity contribution in [3.8, 4) is 11.4 Å². The van der Waals surface area contributed by atoms with Gasteiger partial charge in [0.25, 0.3) is 0 Å². The van der Waals surface area contributed by atoms with E-state index in [4.69, 9.17) is 0 Å². The maximum absolute atomic E-state index is 12.6.